The first kappa shape index (κ1) is 21.9. The topological polar surface area (TPSA) is 89.2 Å². The van der Waals surface area contributed by atoms with Crippen LogP contribution in [0.3, 0.4) is 0 Å². The SMILES string of the molecule is COc1ccc2ccc(=O)oc2c1C1=NN(S(=O)(=O)c2ccc(C)cc2)C(c2ccccc2)C1. The van der Waals surface area contributed by atoms with Gasteiger partial charge in [-0.05, 0) is 42.8 Å². The van der Waals surface area contributed by atoms with Crippen LogP contribution in [0, 0.1) is 6.92 Å². The van der Waals surface area contributed by atoms with Crippen molar-refractivity contribution in [3.8, 4) is 5.75 Å². The number of sulfonamides is 1. The lowest BCUT2D eigenvalue weighted by Gasteiger charge is -2.23. The molecule has 0 saturated carbocycles. The smallest absolute Gasteiger partial charge is 0.336 e. The largest absolute Gasteiger partial charge is 0.496 e. The van der Waals surface area contributed by atoms with E-state index in [2.05, 4.69) is 5.10 Å². The third kappa shape index (κ3) is 3.76. The van der Waals surface area contributed by atoms with Gasteiger partial charge in [-0.1, -0.05) is 48.0 Å². The lowest BCUT2D eigenvalue weighted by molar-refractivity contribution is 0.371. The van der Waals surface area contributed by atoms with Crippen LogP contribution in [0.2, 0.25) is 0 Å². The Morgan fingerprint density at radius 2 is 1.68 bits per heavy atom. The van der Waals surface area contributed by atoms with E-state index in [9.17, 15) is 13.2 Å². The summed E-state index contributed by atoms with van der Waals surface area (Å²) in [6, 6.07) is 22.0. The number of nitrogens with zero attached hydrogens (tertiary/aromatic N) is 2. The van der Waals surface area contributed by atoms with Crippen LogP contribution in [0.1, 0.15) is 29.2 Å². The van der Waals surface area contributed by atoms with Gasteiger partial charge in [-0.2, -0.15) is 17.9 Å². The van der Waals surface area contributed by atoms with E-state index in [4.69, 9.17) is 9.15 Å². The summed E-state index contributed by atoms with van der Waals surface area (Å²) in [5, 5.41) is 5.28. The molecular formula is C26H22N2O5S. The molecule has 1 aliphatic rings. The second-order valence-corrected chi connectivity index (χ2v) is 9.88. The lowest BCUT2D eigenvalue weighted by Crippen LogP contribution is -2.27. The molecule has 3 aromatic carbocycles. The monoisotopic (exact) mass is 474 g/mol. The summed E-state index contributed by atoms with van der Waals surface area (Å²) >= 11 is 0. The molecule has 0 aliphatic carbocycles. The highest BCUT2D eigenvalue weighted by Crippen LogP contribution is 2.40. The van der Waals surface area contributed by atoms with Crippen molar-refractivity contribution in [2.24, 2.45) is 5.10 Å². The number of hydrogen-bond donors (Lipinski definition) is 0. The predicted molar refractivity (Wildman–Crippen MR) is 130 cm³/mol. The number of aryl methyl sites for hydroxylation is 1. The normalized spacial score (nSPS) is 16.0. The summed E-state index contributed by atoms with van der Waals surface area (Å²) in [5.74, 6) is 0.446. The third-order valence-electron chi connectivity index (χ3n) is 5.88. The van der Waals surface area contributed by atoms with Crippen LogP contribution >= 0.6 is 0 Å². The van der Waals surface area contributed by atoms with Gasteiger partial charge >= 0.3 is 5.63 Å². The van der Waals surface area contributed by atoms with E-state index < -0.39 is 21.7 Å². The highest BCUT2D eigenvalue weighted by Gasteiger charge is 2.39. The molecule has 4 aromatic rings. The minimum absolute atomic E-state index is 0.153. The van der Waals surface area contributed by atoms with Crippen molar-refractivity contribution in [3.05, 3.63) is 106 Å². The van der Waals surface area contributed by atoms with Crippen LogP contribution in [0.15, 0.2) is 98.1 Å². The van der Waals surface area contributed by atoms with E-state index in [-0.39, 0.29) is 11.3 Å². The fraction of sp³-hybridized carbons (Fsp3) is 0.154. The van der Waals surface area contributed by atoms with E-state index in [0.717, 1.165) is 15.5 Å². The van der Waals surface area contributed by atoms with E-state index in [1.165, 1.54) is 13.2 Å². The van der Waals surface area contributed by atoms with E-state index in [1.807, 2.05) is 37.3 Å². The van der Waals surface area contributed by atoms with Crippen LogP contribution in [-0.2, 0) is 10.0 Å². The molecule has 34 heavy (non-hydrogen) atoms. The molecule has 0 saturated heterocycles. The Balaban J connectivity index is 1.72. The number of rotatable bonds is 5. The van der Waals surface area contributed by atoms with Gasteiger partial charge in [0, 0.05) is 17.9 Å². The van der Waals surface area contributed by atoms with Gasteiger partial charge in [-0.25, -0.2) is 4.79 Å². The van der Waals surface area contributed by atoms with Gasteiger partial charge in [0.25, 0.3) is 10.0 Å². The highest BCUT2D eigenvalue weighted by molar-refractivity contribution is 7.89. The van der Waals surface area contributed by atoms with Gasteiger partial charge in [-0.15, -0.1) is 0 Å². The second kappa shape index (κ2) is 8.46. The fourth-order valence-electron chi connectivity index (χ4n) is 4.16. The van der Waals surface area contributed by atoms with Crippen molar-refractivity contribution in [3.63, 3.8) is 0 Å². The molecule has 0 fully saturated rings. The summed E-state index contributed by atoms with van der Waals surface area (Å²) in [5.41, 5.74) is 2.50. The molecule has 0 spiro atoms. The molecular weight excluding hydrogens is 452 g/mol. The summed E-state index contributed by atoms with van der Waals surface area (Å²) in [6.07, 6.45) is 0.281. The Morgan fingerprint density at radius 3 is 2.38 bits per heavy atom. The van der Waals surface area contributed by atoms with Crippen LogP contribution < -0.4 is 10.4 Å². The summed E-state index contributed by atoms with van der Waals surface area (Å²) in [6.45, 7) is 1.90. The molecule has 2 heterocycles. The van der Waals surface area contributed by atoms with E-state index >= 15 is 0 Å². The van der Waals surface area contributed by atoms with Crippen LogP contribution in [0.25, 0.3) is 11.0 Å². The molecule has 1 unspecified atom stereocenters. The molecule has 5 rings (SSSR count). The minimum atomic E-state index is -3.96. The average molecular weight is 475 g/mol. The first-order chi connectivity index (χ1) is 16.4. The highest BCUT2D eigenvalue weighted by atomic mass is 32.2. The molecule has 1 atom stereocenters. The molecule has 7 nitrogen and oxygen atoms in total. The first-order valence-electron chi connectivity index (χ1n) is 10.7. The zero-order valence-corrected chi connectivity index (χ0v) is 19.5. The van der Waals surface area contributed by atoms with Crippen molar-refractivity contribution < 1.29 is 17.6 Å². The van der Waals surface area contributed by atoms with E-state index in [0.29, 0.717) is 28.0 Å². The Hall–Kier alpha value is -3.91. The predicted octanol–water partition coefficient (Wildman–Crippen LogP) is 4.65. The molecule has 8 heteroatoms. The van der Waals surface area contributed by atoms with Crippen molar-refractivity contribution in [2.45, 2.75) is 24.3 Å². The van der Waals surface area contributed by atoms with Crippen molar-refractivity contribution in [1.29, 1.82) is 0 Å². The number of benzene rings is 3. The fourth-order valence-corrected chi connectivity index (χ4v) is 5.59. The zero-order valence-electron chi connectivity index (χ0n) is 18.6. The van der Waals surface area contributed by atoms with Crippen LogP contribution in [0.5, 0.6) is 5.75 Å². The molecule has 1 aromatic heterocycles. The maximum atomic E-state index is 13.7. The van der Waals surface area contributed by atoms with Gasteiger partial charge in [0.2, 0.25) is 0 Å². The zero-order chi connectivity index (χ0) is 23.9. The van der Waals surface area contributed by atoms with Gasteiger partial charge in [0.15, 0.2) is 5.58 Å². The van der Waals surface area contributed by atoms with Crippen molar-refractivity contribution in [2.75, 3.05) is 7.11 Å². The summed E-state index contributed by atoms with van der Waals surface area (Å²) in [4.78, 5) is 12.2. The molecule has 172 valence electrons. The van der Waals surface area contributed by atoms with Crippen molar-refractivity contribution >= 4 is 26.7 Å². The third-order valence-corrected chi connectivity index (χ3v) is 7.58. The standard InChI is InChI=1S/C26H22N2O5S/c1-17-8-12-20(13-9-17)34(30,31)28-22(18-6-4-3-5-7-18)16-21(27-28)25-23(32-2)14-10-19-11-15-24(29)33-26(19)25/h3-15,22H,16H2,1-2H3. The van der Waals surface area contributed by atoms with Crippen LogP contribution in [-0.4, -0.2) is 25.7 Å². The average Bonchev–Trinajstić information content (AvgIpc) is 3.30. The number of hydrazone groups is 1. The second-order valence-electron chi connectivity index (χ2n) is 8.08. The molecule has 1 aliphatic heterocycles. The minimum Gasteiger partial charge on any atom is -0.496 e. The Kier molecular flexibility index (Phi) is 5.45. The van der Waals surface area contributed by atoms with Gasteiger partial charge in [0.1, 0.15) is 5.75 Å². The Bertz CT molecular complexity index is 1560. The Morgan fingerprint density at radius 1 is 0.971 bits per heavy atom. The number of methoxy groups -OCH3 is 1. The lowest BCUT2D eigenvalue weighted by atomic mass is 9.97. The molecule has 0 radical (unpaired) electrons. The van der Waals surface area contributed by atoms with Gasteiger partial charge in [0.05, 0.1) is 29.3 Å². The first-order valence-corrected chi connectivity index (χ1v) is 12.2. The van der Waals surface area contributed by atoms with Gasteiger partial charge in [-0.3, -0.25) is 0 Å². The van der Waals surface area contributed by atoms with Gasteiger partial charge < -0.3 is 9.15 Å². The number of fused-ring (bicyclic) bond motifs is 1. The molecule has 0 N–H and O–H groups in total. The van der Waals surface area contributed by atoms with Crippen LogP contribution in [0.4, 0.5) is 0 Å². The Labute approximate surface area is 197 Å². The van der Waals surface area contributed by atoms with Crippen molar-refractivity contribution in [1.82, 2.24) is 4.41 Å². The number of ether oxygens (including phenoxy) is 1. The number of hydrogen-bond acceptors (Lipinski definition) is 6. The molecule has 0 bridgehead atoms. The van der Waals surface area contributed by atoms with E-state index in [1.54, 1.807) is 42.5 Å². The summed E-state index contributed by atoms with van der Waals surface area (Å²) < 4.78 is 39.6. The maximum Gasteiger partial charge on any atom is 0.336 e. The quantitative estimate of drug-likeness (QED) is 0.393. The maximum absolute atomic E-state index is 13.7. The molecule has 0 amide bonds. The summed E-state index contributed by atoms with van der Waals surface area (Å²) in [7, 11) is -2.45.